The second-order valence-electron chi connectivity index (χ2n) is 9.55. The number of hydrogen-bond acceptors (Lipinski definition) is 0. The Balaban J connectivity index is 1.83. The molecule has 0 heteroatoms. The minimum Gasteiger partial charge on any atom is -0.0780 e. The summed E-state index contributed by atoms with van der Waals surface area (Å²) < 4.78 is 0. The lowest BCUT2D eigenvalue weighted by Gasteiger charge is -2.36. The molecule has 0 aliphatic heterocycles. The second kappa shape index (κ2) is 15.4. The Kier molecular flexibility index (Phi) is 14.0. The molecule has 2 atom stereocenters. The van der Waals surface area contributed by atoms with Crippen LogP contribution in [0.2, 0.25) is 0 Å². The summed E-state index contributed by atoms with van der Waals surface area (Å²) in [5.41, 5.74) is 1.95. The van der Waals surface area contributed by atoms with Gasteiger partial charge in [0.25, 0.3) is 0 Å². The van der Waals surface area contributed by atoms with Crippen LogP contribution in [0.4, 0.5) is 0 Å². The third-order valence-corrected chi connectivity index (χ3v) is 7.08. The van der Waals surface area contributed by atoms with Crippen LogP contribution < -0.4 is 0 Å². The lowest BCUT2D eigenvalue weighted by molar-refractivity contribution is 0.275. The number of hydrogen-bond donors (Lipinski definition) is 0. The largest absolute Gasteiger partial charge is 0.0780 e. The Hall–Kier alpha value is -0.520. The highest BCUT2D eigenvalue weighted by atomic mass is 14.3. The van der Waals surface area contributed by atoms with Crippen LogP contribution in [0.5, 0.6) is 0 Å². The van der Waals surface area contributed by atoms with Gasteiger partial charge in [-0.3, -0.25) is 0 Å². The van der Waals surface area contributed by atoms with Gasteiger partial charge in [0.15, 0.2) is 0 Å². The Morgan fingerprint density at radius 1 is 0.704 bits per heavy atom. The zero-order valence-electron chi connectivity index (χ0n) is 19.3. The predicted octanol–water partition coefficient (Wildman–Crippen LogP) is 9.80. The number of unbranched alkanes of at least 4 members (excludes halogenated alkanes) is 15. The molecule has 0 nitrogen and oxygen atoms in total. The molecule has 0 aromatic rings. The Bertz CT molecular complexity index is 402. The first-order valence-corrected chi connectivity index (χ1v) is 12.5. The summed E-state index contributed by atoms with van der Waals surface area (Å²) in [6, 6.07) is 0. The van der Waals surface area contributed by atoms with Crippen molar-refractivity contribution in [3.63, 3.8) is 0 Å². The van der Waals surface area contributed by atoms with E-state index in [1.807, 2.05) is 0 Å². The summed E-state index contributed by atoms with van der Waals surface area (Å²) in [6.45, 7) is 9.45. The first-order valence-electron chi connectivity index (χ1n) is 12.5. The SMILES string of the molecule is CCCCCCCCCCCCCCCCCCC1(C)C=CC=C(C)C1C. The normalized spacial score (nSPS) is 22.2. The third-order valence-electron chi connectivity index (χ3n) is 7.08. The summed E-state index contributed by atoms with van der Waals surface area (Å²) in [6.07, 6.45) is 31.6. The molecule has 158 valence electrons. The fourth-order valence-electron chi connectivity index (χ4n) is 4.58. The van der Waals surface area contributed by atoms with Crippen LogP contribution in [0.3, 0.4) is 0 Å². The molecule has 0 heterocycles. The second-order valence-corrected chi connectivity index (χ2v) is 9.55. The van der Waals surface area contributed by atoms with E-state index in [2.05, 4.69) is 45.9 Å². The van der Waals surface area contributed by atoms with E-state index in [4.69, 9.17) is 0 Å². The maximum Gasteiger partial charge on any atom is -0.00806 e. The zero-order chi connectivity index (χ0) is 19.8. The van der Waals surface area contributed by atoms with E-state index >= 15 is 0 Å². The van der Waals surface area contributed by atoms with Crippen molar-refractivity contribution >= 4 is 0 Å². The molecule has 0 fully saturated rings. The minimum absolute atomic E-state index is 0.398. The average Bonchev–Trinajstić information content (AvgIpc) is 2.66. The van der Waals surface area contributed by atoms with Crippen molar-refractivity contribution in [3.8, 4) is 0 Å². The lowest BCUT2D eigenvalue weighted by atomic mass is 9.69. The maximum absolute atomic E-state index is 2.45. The van der Waals surface area contributed by atoms with Crippen molar-refractivity contribution in [3.05, 3.63) is 23.8 Å². The lowest BCUT2D eigenvalue weighted by Crippen LogP contribution is -2.25. The van der Waals surface area contributed by atoms with Crippen LogP contribution in [0.1, 0.15) is 137 Å². The van der Waals surface area contributed by atoms with Gasteiger partial charge in [-0.05, 0) is 24.7 Å². The van der Waals surface area contributed by atoms with Crippen molar-refractivity contribution in [1.29, 1.82) is 0 Å². The first-order chi connectivity index (χ1) is 13.1. The highest BCUT2D eigenvalue weighted by Gasteiger charge is 2.30. The quantitative estimate of drug-likeness (QED) is 0.222. The molecule has 2 unspecified atom stereocenters. The van der Waals surface area contributed by atoms with Gasteiger partial charge in [0.2, 0.25) is 0 Å². The molecule has 0 saturated carbocycles. The van der Waals surface area contributed by atoms with Crippen molar-refractivity contribution in [2.75, 3.05) is 0 Å². The molecular weight excluding hydrogens is 324 g/mol. The molecule has 0 saturated heterocycles. The van der Waals surface area contributed by atoms with Crippen LogP contribution in [0.15, 0.2) is 23.8 Å². The standard InChI is InChI=1S/C27H50/c1-5-6-7-8-9-10-11-12-13-14-15-16-17-18-19-20-23-27(4)24-21-22-25(2)26(27)3/h21-22,24,26H,5-20,23H2,1-4H3. The molecule has 1 rings (SSSR count). The molecule has 0 aromatic heterocycles. The van der Waals surface area contributed by atoms with Gasteiger partial charge in [0.05, 0.1) is 0 Å². The summed E-state index contributed by atoms with van der Waals surface area (Å²) in [4.78, 5) is 0. The van der Waals surface area contributed by atoms with Crippen LogP contribution in [-0.4, -0.2) is 0 Å². The Labute approximate surface area is 172 Å². The van der Waals surface area contributed by atoms with Gasteiger partial charge in [-0.15, -0.1) is 0 Å². The predicted molar refractivity (Wildman–Crippen MR) is 124 cm³/mol. The molecule has 0 radical (unpaired) electrons. The summed E-state index contributed by atoms with van der Waals surface area (Å²) in [5.74, 6) is 0.707. The average molecular weight is 375 g/mol. The van der Waals surface area contributed by atoms with E-state index in [-0.39, 0.29) is 0 Å². The maximum atomic E-state index is 2.45. The van der Waals surface area contributed by atoms with Crippen LogP contribution in [0, 0.1) is 11.3 Å². The van der Waals surface area contributed by atoms with Crippen molar-refractivity contribution < 1.29 is 0 Å². The summed E-state index contributed by atoms with van der Waals surface area (Å²) in [7, 11) is 0. The topological polar surface area (TPSA) is 0 Å². The van der Waals surface area contributed by atoms with Crippen molar-refractivity contribution in [2.24, 2.45) is 11.3 Å². The van der Waals surface area contributed by atoms with Gasteiger partial charge in [0.1, 0.15) is 0 Å². The fraction of sp³-hybridized carbons (Fsp3) is 0.852. The number of allylic oxidation sites excluding steroid dienone is 4. The van der Waals surface area contributed by atoms with Crippen molar-refractivity contribution in [2.45, 2.75) is 137 Å². The van der Waals surface area contributed by atoms with Gasteiger partial charge in [-0.25, -0.2) is 0 Å². The van der Waals surface area contributed by atoms with Gasteiger partial charge in [0, 0.05) is 0 Å². The van der Waals surface area contributed by atoms with Crippen LogP contribution in [-0.2, 0) is 0 Å². The molecular formula is C27H50. The minimum atomic E-state index is 0.398. The highest BCUT2D eigenvalue weighted by Crippen LogP contribution is 2.41. The Morgan fingerprint density at radius 3 is 1.56 bits per heavy atom. The molecule has 1 aliphatic rings. The zero-order valence-corrected chi connectivity index (χ0v) is 19.3. The van der Waals surface area contributed by atoms with Crippen LogP contribution in [0.25, 0.3) is 0 Å². The summed E-state index contributed by atoms with van der Waals surface area (Å²) in [5, 5.41) is 0. The molecule has 0 spiro atoms. The fourth-order valence-corrected chi connectivity index (χ4v) is 4.58. The molecule has 0 bridgehead atoms. The van der Waals surface area contributed by atoms with E-state index in [0.29, 0.717) is 11.3 Å². The highest BCUT2D eigenvalue weighted by molar-refractivity contribution is 5.24. The number of rotatable bonds is 17. The molecule has 27 heavy (non-hydrogen) atoms. The molecule has 0 amide bonds. The first kappa shape index (κ1) is 24.5. The van der Waals surface area contributed by atoms with Crippen molar-refractivity contribution in [1.82, 2.24) is 0 Å². The summed E-state index contributed by atoms with van der Waals surface area (Å²) >= 11 is 0. The van der Waals surface area contributed by atoms with E-state index in [9.17, 15) is 0 Å². The monoisotopic (exact) mass is 374 g/mol. The molecule has 0 aromatic carbocycles. The molecule has 0 N–H and O–H groups in total. The van der Waals surface area contributed by atoms with Gasteiger partial charge < -0.3 is 0 Å². The van der Waals surface area contributed by atoms with E-state index in [1.54, 1.807) is 5.57 Å². The molecule has 1 aliphatic carbocycles. The van der Waals surface area contributed by atoms with E-state index in [1.165, 1.54) is 109 Å². The van der Waals surface area contributed by atoms with Gasteiger partial charge in [-0.2, -0.15) is 0 Å². The van der Waals surface area contributed by atoms with E-state index < -0.39 is 0 Å². The van der Waals surface area contributed by atoms with Crippen LogP contribution >= 0.6 is 0 Å². The Morgan fingerprint density at radius 2 is 1.11 bits per heavy atom. The smallest absolute Gasteiger partial charge is 0.00806 e. The van der Waals surface area contributed by atoms with Gasteiger partial charge in [-0.1, -0.05) is 147 Å². The third kappa shape index (κ3) is 11.2. The van der Waals surface area contributed by atoms with Gasteiger partial charge >= 0.3 is 0 Å². The van der Waals surface area contributed by atoms with E-state index in [0.717, 1.165) is 0 Å².